The van der Waals surface area contributed by atoms with Gasteiger partial charge in [0.15, 0.2) is 17.5 Å². The third-order valence-electron chi connectivity index (χ3n) is 10.1. The SMILES string of the molecule is c1ccc(-c2nc(-c3ccccc3)nc(-c3ccc(-c4ccc5c(c4)N(c4ccccc4)c4ccc(-c6ccccc6)c6cccc-5c46)cc3)n2)cc1. The van der Waals surface area contributed by atoms with Crippen LogP contribution in [0.25, 0.3) is 78.3 Å². The Balaban J connectivity index is 1.08. The lowest BCUT2D eigenvalue weighted by Gasteiger charge is -2.34. The largest absolute Gasteiger partial charge is 0.309 e. The first-order valence-corrected chi connectivity index (χ1v) is 17.9. The van der Waals surface area contributed by atoms with Gasteiger partial charge in [-0.1, -0.05) is 170 Å². The molecule has 1 aliphatic rings. The number of benzene rings is 8. The van der Waals surface area contributed by atoms with Crippen LogP contribution in [0.2, 0.25) is 0 Å². The van der Waals surface area contributed by atoms with Gasteiger partial charge in [0.25, 0.3) is 0 Å². The summed E-state index contributed by atoms with van der Waals surface area (Å²) in [5.74, 6) is 1.95. The van der Waals surface area contributed by atoms with Gasteiger partial charge in [-0.05, 0) is 57.5 Å². The zero-order valence-corrected chi connectivity index (χ0v) is 28.8. The fourth-order valence-electron chi connectivity index (χ4n) is 7.53. The summed E-state index contributed by atoms with van der Waals surface area (Å²) < 4.78 is 0. The maximum Gasteiger partial charge on any atom is 0.164 e. The van der Waals surface area contributed by atoms with Crippen LogP contribution in [-0.4, -0.2) is 15.0 Å². The van der Waals surface area contributed by atoms with Crippen LogP contribution in [0.5, 0.6) is 0 Å². The molecule has 1 aliphatic heterocycles. The van der Waals surface area contributed by atoms with E-state index in [0.29, 0.717) is 17.5 Å². The van der Waals surface area contributed by atoms with Gasteiger partial charge in [-0.3, -0.25) is 0 Å². The molecule has 0 saturated heterocycles. The van der Waals surface area contributed by atoms with E-state index in [0.717, 1.165) is 39.2 Å². The fourth-order valence-corrected chi connectivity index (χ4v) is 7.53. The van der Waals surface area contributed by atoms with E-state index in [1.54, 1.807) is 0 Å². The van der Waals surface area contributed by atoms with Crippen molar-refractivity contribution in [3.8, 4) is 67.5 Å². The van der Waals surface area contributed by atoms with E-state index in [-0.39, 0.29) is 0 Å². The van der Waals surface area contributed by atoms with Gasteiger partial charge in [0.2, 0.25) is 0 Å². The molecular weight excluding hydrogens is 645 g/mol. The third kappa shape index (κ3) is 5.45. The van der Waals surface area contributed by atoms with Crippen LogP contribution in [-0.2, 0) is 0 Å². The normalized spacial score (nSPS) is 11.7. The summed E-state index contributed by atoms with van der Waals surface area (Å²) in [6, 6.07) is 68.2. The second-order valence-electron chi connectivity index (χ2n) is 13.2. The van der Waals surface area contributed by atoms with Crippen molar-refractivity contribution in [1.82, 2.24) is 15.0 Å². The summed E-state index contributed by atoms with van der Waals surface area (Å²) in [7, 11) is 0. The minimum Gasteiger partial charge on any atom is -0.309 e. The Hall–Kier alpha value is -7.17. The maximum atomic E-state index is 4.94. The molecule has 4 heteroatoms. The molecule has 0 bridgehead atoms. The van der Waals surface area contributed by atoms with Crippen LogP contribution >= 0.6 is 0 Å². The number of hydrogen-bond donors (Lipinski definition) is 0. The number of rotatable bonds is 6. The lowest BCUT2D eigenvalue weighted by Crippen LogP contribution is -2.15. The standard InChI is InChI=1S/C49H32N4/c1-5-14-34(15-6-1)40-30-31-44-46-42(40)22-13-23-43(46)41-29-28-38(32-45(41)53(44)39-20-11-4-12-21-39)33-24-26-37(27-25-33)49-51-47(35-16-7-2-8-17-35)50-48(52-49)36-18-9-3-10-19-36/h1-32H. The maximum absolute atomic E-state index is 4.94. The van der Waals surface area contributed by atoms with Gasteiger partial charge in [-0.25, -0.2) is 15.0 Å². The molecular formula is C49H32N4. The van der Waals surface area contributed by atoms with Crippen molar-refractivity contribution in [1.29, 1.82) is 0 Å². The smallest absolute Gasteiger partial charge is 0.164 e. The van der Waals surface area contributed by atoms with E-state index in [1.807, 2.05) is 60.7 Å². The lowest BCUT2D eigenvalue weighted by atomic mass is 9.86. The number of aromatic nitrogens is 3. The third-order valence-corrected chi connectivity index (χ3v) is 10.1. The molecule has 10 rings (SSSR count). The van der Waals surface area contributed by atoms with Crippen LogP contribution in [0.1, 0.15) is 0 Å². The first-order valence-electron chi connectivity index (χ1n) is 17.9. The van der Waals surface area contributed by atoms with E-state index >= 15 is 0 Å². The zero-order chi connectivity index (χ0) is 35.1. The van der Waals surface area contributed by atoms with Crippen molar-refractivity contribution in [2.45, 2.75) is 0 Å². The average Bonchev–Trinajstić information content (AvgIpc) is 3.25. The Kier molecular flexibility index (Phi) is 7.43. The summed E-state index contributed by atoms with van der Waals surface area (Å²) in [6.45, 7) is 0. The first-order chi connectivity index (χ1) is 26.3. The van der Waals surface area contributed by atoms with Crippen LogP contribution in [0, 0.1) is 0 Å². The van der Waals surface area contributed by atoms with E-state index in [4.69, 9.17) is 15.0 Å². The van der Waals surface area contributed by atoms with Crippen LogP contribution < -0.4 is 4.90 Å². The minimum atomic E-state index is 0.643. The number of hydrogen-bond acceptors (Lipinski definition) is 4. The lowest BCUT2D eigenvalue weighted by molar-refractivity contribution is 1.07. The van der Waals surface area contributed by atoms with Crippen LogP contribution in [0.4, 0.5) is 17.1 Å². The highest BCUT2D eigenvalue weighted by Gasteiger charge is 2.27. The van der Waals surface area contributed by atoms with E-state index in [1.165, 1.54) is 38.7 Å². The molecule has 0 fully saturated rings. The molecule has 0 spiro atoms. The van der Waals surface area contributed by atoms with Crippen molar-refractivity contribution in [3.63, 3.8) is 0 Å². The average molecular weight is 677 g/mol. The molecule has 0 radical (unpaired) electrons. The highest BCUT2D eigenvalue weighted by Crippen LogP contribution is 2.53. The summed E-state index contributed by atoms with van der Waals surface area (Å²) in [6.07, 6.45) is 0. The van der Waals surface area contributed by atoms with Gasteiger partial charge in [-0.2, -0.15) is 0 Å². The number of fused-ring (bicyclic) bond motifs is 2. The predicted octanol–water partition coefficient (Wildman–Crippen LogP) is 12.8. The molecule has 2 heterocycles. The van der Waals surface area contributed by atoms with Crippen molar-refractivity contribution in [2.75, 3.05) is 4.90 Å². The minimum absolute atomic E-state index is 0.643. The Bertz CT molecular complexity index is 2690. The van der Waals surface area contributed by atoms with Gasteiger partial charge in [-0.15, -0.1) is 0 Å². The highest BCUT2D eigenvalue weighted by atomic mass is 15.2. The predicted molar refractivity (Wildman–Crippen MR) is 218 cm³/mol. The molecule has 4 nitrogen and oxygen atoms in total. The Labute approximate surface area is 308 Å². The number of nitrogens with zero attached hydrogens (tertiary/aromatic N) is 4. The molecule has 8 aromatic carbocycles. The van der Waals surface area contributed by atoms with Crippen molar-refractivity contribution in [2.24, 2.45) is 0 Å². The molecule has 0 saturated carbocycles. The quantitative estimate of drug-likeness (QED) is 0.176. The van der Waals surface area contributed by atoms with Gasteiger partial charge in [0.1, 0.15) is 0 Å². The van der Waals surface area contributed by atoms with Gasteiger partial charge in [0.05, 0.1) is 11.4 Å². The molecule has 53 heavy (non-hydrogen) atoms. The molecule has 0 aliphatic carbocycles. The highest BCUT2D eigenvalue weighted by molar-refractivity contribution is 6.17. The summed E-state index contributed by atoms with van der Waals surface area (Å²) >= 11 is 0. The molecule has 9 aromatic rings. The second-order valence-corrected chi connectivity index (χ2v) is 13.2. The van der Waals surface area contributed by atoms with Crippen molar-refractivity contribution < 1.29 is 0 Å². The van der Waals surface area contributed by atoms with E-state index in [9.17, 15) is 0 Å². The zero-order valence-electron chi connectivity index (χ0n) is 28.8. The molecule has 1 aromatic heterocycles. The van der Waals surface area contributed by atoms with Gasteiger partial charge >= 0.3 is 0 Å². The topological polar surface area (TPSA) is 41.9 Å². The molecule has 0 unspecified atom stereocenters. The Morgan fingerprint density at radius 3 is 1.40 bits per heavy atom. The molecule has 0 N–H and O–H groups in total. The van der Waals surface area contributed by atoms with Gasteiger partial charge < -0.3 is 4.90 Å². The Morgan fingerprint density at radius 2 is 0.792 bits per heavy atom. The molecule has 0 amide bonds. The molecule has 0 atom stereocenters. The fraction of sp³-hybridized carbons (Fsp3) is 0. The Morgan fingerprint density at radius 1 is 0.302 bits per heavy atom. The second kappa shape index (κ2) is 12.9. The van der Waals surface area contributed by atoms with E-state index < -0.39 is 0 Å². The summed E-state index contributed by atoms with van der Waals surface area (Å²) in [5.41, 5.74) is 13.5. The van der Waals surface area contributed by atoms with Crippen molar-refractivity contribution >= 4 is 27.8 Å². The molecule has 248 valence electrons. The van der Waals surface area contributed by atoms with Crippen LogP contribution in [0.15, 0.2) is 194 Å². The first kappa shape index (κ1) is 30.6. The summed E-state index contributed by atoms with van der Waals surface area (Å²) in [4.78, 5) is 17.2. The van der Waals surface area contributed by atoms with Crippen molar-refractivity contribution in [3.05, 3.63) is 194 Å². The summed E-state index contributed by atoms with van der Waals surface area (Å²) in [5, 5.41) is 2.52. The van der Waals surface area contributed by atoms with E-state index in [2.05, 4.69) is 138 Å². The number of anilines is 3. The number of para-hydroxylation sites is 1. The van der Waals surface area contributed by atoms with Gasteiger partial charge in [0, 0.05) is 33.3 Å². The van der Waals surface area contributed by atoms with Crippen LogP contribution in [0.3, 0.4) is 0 Å². The monoisotopic (exact) mass is 676 g/mol.